The molecule has 1 heterocycles. The number of carbonyl (C=O) groups is 1. The van der Waals surface area contributed by atoms with Crippen molar-refractivity contribution in [2.75, 3.05) is 6.54 Å². The Hall–Kier alpha value is -1.29. The molecule has 0 aliphatic carbocycles. The van der Waals surface area contributed by atoms with Crippen molar-refractivity contribution in [3.05, 3.63) is 23.2 Å². The summed E-state index contributed by atoms with van der Waals surface area (Å²) in [5, 5.41) is 6.21. The van der Waals surface area contributed by atoms with Crippen molar-refractivity contribution < 1.29 is 9.21 Å². The monoisotopic (exact) mass is 252 g/mol. The van der Waals surface area contributed by atoms with Crippen molar-refractivity contribution in [1.82, 2.24) is 10.6 Å². The van der Waals surface area contributed by atoms with E-state index < -0.39 is 0 Å². The highest BCUT2D eigenvalue weighted by Crippen LogP contribution is 2.20. The molecule has 0 aliphatic heterocycles. The quantitative estimate of drug-likeness (QED) is 0.817. The van der Waals surface area contributed by atoms with E-state index in [1.807, 2.05) is 33.8 Å². The topological polar surface area (TPSA) is 54.3 Å². The summed E-state index contributed by atoms with van der Waals surface area (Å²) in [6.07, 6.45) is 0.498. The fourth-order valence-corrected chi connectivity index (χ4v) is 1.99. The minimum Gasteiger partial charge on any atom is -0.466 e. The maximum absolute atomic E-state index is 11.5. The third kappa shape index (κ3) is 4.53. The first-order chi connectivity index (χ1) is 8.40. The molecule has 1 rings (SSSR count). The van der Waals surface area contributed by atoms with Gasteiger partial charge in [0.2, 0.25) is 5.91 Å². The van der Waals surface area contributed by atoms with E-state index in [0.29, 0.717) is 13.0 Å². The average molecular weight is 252 g/mol. The van der Waals surface area contributed by atoms with Gasteiger partial charge in [0.15, 0.2) is 0 Å². The molecule has 1 unspecified atom stereocenters. The lowest BCUT2D eigenvalue weighted by Crippen LogP contribution is -2.33. The molecule has 0 aromatic carbocycles. The molecule has 1 aromatic heterocycles. The maximum Gasteiger partial charge on any atom is 0.221 e. The SMILES string of the molecule is Cc1cc(C(C)NCCC(=O)NC(C)C)c(C)o1. The first-order valence-corrected chi connectivity index (χ1v) is 6.49. The summed E-state index contributed by atoms with van der Waals surface area (Å²) in [5.41, 5.74) is 1.16. The number of carbonyl (C=O) groups excluding carboxylic acids is 1. The molecular weight excluding hydrogens is 228 g/mol. The Morgan fingerprint density at radius 1 is 1.33 bits per heavy atom. The molecule has 4 nitrogen and oxygen atoms in total. The molecule has 0 saturated carbocycles. The van der Waals surface area contributed by atoms with Crippen molar-refractivity contribution in [3.8, 4) is 0 Å². The Balaban J connectivity index is 2.35. The number of furan rings is 1. The van der Waals surface area contributed by atoms with E-state index in [2.05, 4.69) is 17.6 Å². The zero-order chi connectivity index (χ0) is 13.7. The summed E-state index contributed by atoms with van der Waals surface area (Å²) in [5.74, 6) is 1.96. The second-order valence-electron chi connectivity index (χ2n) is 5.02. The van der Waals surface area contributed by atoms with Gasteiger partial charge in [0.05, 0.1) is 0 Å². The molecule has 0 spiro atoms. The van der Waals surface area contributed by atoms with Crippen LogP contribution >= 0.6 is 0 Å². The van der Waals surface area contributed by atoms with E-state index in [9.17, 15) is 4.79 Å². The molecule has 18 heavy (non-hydrogen) atoms. The van der Waals surface area contributed by atoms with Gasteiger partial charge in [-0.1, -0.05) is 0 Å². The minimum atomic E-state index is 0.0878. The predicted molar refractivity (Wildman–Crippen MR) is 72.5 cm³/mol. The van der Waals surface area contributed by atoms with Crippen LogP contribution in [-0.4, -0.2) is 18.5 Å². The minimum absolute atomic E-state index is 0.0878. The summed E-state index contributed by atoms with van der Waals surface area (Å²) in [6, 6.07) is 2.45. The number of rotatable bonds is 6. The van der Waals surface area contributed by atoms with Gasteiger partial charge in [-0.15, -0.1) is 0 Å². The maximum atomic E-state index is 11.5. The Morgan fingerprint density at radius 2 is 2.00 bits per heavy atom. The molecule has 102 valence electrons. The molecule has 0 saturated heterocycles. The number of aryl methyl sites for hydroxylation is 2. The van der Waals surface area contributed by atoms with E-state index >= 15 is 0 Å². The number of hydrogen-bond donors (Lipinski definition) is 2. The van der Waals surface area contributed by atoms with Crippen LogP contribution in [0, 0.1) is 13.8 Å². The molecule has 1 aromatic rings. The molecule has 1 atom stereocenters. The first-order valence-electron chi connectivity index (χ1n) is 6.49. The molecular formula is C14H24N2O2. The fourth-order valence-electron chi connectivity index (χ4n) is 1.99. The first kappa shape index (κ1) is 14.8. The fraction of sp³-hybridized carbons (Fsp3) is 0.643. The van der Waals surface area contributed by atoms with E-state index in [4.69, 9.17) is 4.42 Å². The van der Waals surface area contributed by atoms with Gasteiger partial charge < -0.3 is 15.1 Å². The van der Waals surface area contributed by atoms with E-state index in [-0.39, 0.29) is 18.0 Å². The highest BCUT2D eigenvalue weighted by Gasteiger charge is 2.12. The molecule has 1 amide bonds. The van der Waals surface area contributed by atoms with Crippen LogP contribution in [0.5, 0.6) is 0 Å². The highest BCUT2D eigenvalue weighted by atomic mass is 16.3. The number of hydrogen-bond acceptors (Lipinski definition) is 3. The average Bonchev–Trinajstić information content (AvgIpc) is 2.56. The lowest BCUT2D eigenvalue weighted by Gasteiger charge is -2.13. The zero-order valence-corrected chi connectivity index (χ0v) is 12.0. The van der Waals surface area contributed by atoms with Crippen LogP contribution < -0.4 is 10.6 Å². The Labute approximate surface area is 109 Å². The second-order valence-corrected chi connectivity index (χ2v) is 5.02. The molecule has 0 bridgehead atoms. The zero-order valence-electron chi connectivity index (χ0n) is 12.0. The number of amides is 1. The summed E-state index contributed by atoms with van der Waals surface area (Å²) in [6.45, 7) is 10.6. The van der Waals surface area contributed by atoms with Crippen LogP contribution in [-0.2, 0) is 4.79 Å². The molecule has 4 heteroatoms. The smallest absolute Gasteiger partial charge is 0.221 e. The standard InChI is InChI=1S/C14H24N2O2/c1-9(2)16-14(17)6-7-15-11(4)13-8-10(3)18-12(13)5/h8-9,11,15H,6-7H2,1-5H3,(H,16,17). The van der Waals surface area contributed by atoms with Crippen LogP contribution in [0.4, 0.5) is 0 Å². The lowest BCUT2D eigenvalue weighted by atomic mass is 10.1. The number of nitrogens with one attached hydrogen (secondary N) is 2. The Kier molecular flexibility index (Phi) is 5.41. The summed E-state index contributed by atoms with van der Waals surface area (Å²) in [4.78, 5) is 11.5. The van der Waals surface area contributed by atoms with Crippen LogP contribution in [0.25, 0.3) is 0 Å². The van der Waals surface area contributed by atoms with Gasteiger partial charge in [-0.05, 0) is 40.7 Å². The molecule has 0 aliphatic rings. The van der Waals surface area contributed by atoms with Gasteiger partial charge in [-0.2, -0.15) is 0 Å². The Bertz CT molecular complexity index is 396. The van der Waals surface area contributed by atoms with Gasteiger partial charge in [0, 0.05) is 30.6 Å². The van der Waals surface area contributed by atoms with Crippen molar-refractivity contribution in [2.45, 2.75) is 53.1 Å². The third-order valence-electron chi connectivity index (χ3n) is 2.80. The van der Waals surface area contributed by atoms with Crippen LogP contribution in [0.2, 0.25) is 0 Å². The predicted octanol–water partition coefficient (Wildman–Crippen LogP) is 2.46. The van der Waals surface area contributed by atoms with Crippen LogP contribution in [0.3, 0.4) is 0 Å². The van der Waals surface area contributed by atoms with Gasteiger partial charge >= 0.3 is 0 Å². The summed E-state index contributed by atoms with van der Waals surface area (Å²) in [7, 11) is 0. The van der Waals surface area contributed by atoms with Gasteiger partial charge in [0.25, 0.3) is 0 Å². The van der Waals surface area contributed by atoms with Crippen molar-refractivity contribution in [3.63, 3.8) is 0 Å². The van der Waals surface area contributed by atoms with Crippen LogP contribution in [0.15, 0.2) is 10.5 Å². The van der Waals surface area contributed by atoms with E-state index in [1.165, 1.54) is 0 Å². The van der Waals surface area contributed by atoms with Crippen LogP contribution in [0.1, 0.15) is 50.3 Å². The van der Waals surface area contributed by atoms with Crippen molar-refractivity contribution in [2.24, 2.45) is 0 Å². The van der Waals surface area contributed by atoms with Crippen molar-refractivity contribution in [1.29, 1.82) is 0 Å². The summed E-state index contributed by atoms with van der Waals surface area (Å²) >= 11 is 0. The Morgan fingerprint density at radius 3 is 2.50 bits per heavy atom. The van der Waals surface area contributed by atoms with E-state index in [1.54, 1.807) is 0 Å². The summed E-state index contributed by atoms with van der Waals surface area (Å²) < 4.78 is 5.50. The molecule has 2 N–H and O–H groups in total. The van der Waals surface area contributed by atoms with Gasteiger partial charge in [-0.25, -0.2) is 0 Å². The van der Waals surface area contributed by atoms with E-state index in [0.717, 1.165) is 17.1 Å². The highest BCUT2D eigenvalue weighted by molar-refractivity contribution is 5.76. The van der Waals surface area contributed by atoms with Crippen molar-refractivity contribution >= 4 is 5.91 Å². The normalized spacial score (nSPS) is 12.8. The second kappa shape index (κ2) is 6.59. The van der Waals surface area contributed by atoms with Gasteiger partial charge in [-0.3, -0.25) is 4.79 Å². The largest absolute Gasteiger partial charge is 0.466 e. The third-order valence-corrected chi connectivity index (χ3v) is 2.80. The molecule has 0 radical (unpaired) electrons. The lowest BCUT2D eigenvalue weighted by molar-refractivity contribution is -0.121. The molecule has 0 fully saturated rings. The van der Waals surface area contributed by atoms with Gasteiger partial charge in [0.1, 0.15) is 11.5 Å².